The molecule has 2 aromatic rings. The number of allylic oxidation sites excluding steroid dienone is 4. The van der Waals surface area contributed by atoms with Crippen LogP contribution in [0.3, 0.4) is 0 Å². The van der Waals surface area contributed by atoms with Crippen molar-refractivity contribution in [3.63, 3.8) is 0 Å². The highest BCUT2D eigenvalue weighted by molar-refractivity contribution is 6.10. The zero-order valence-corrected chi connectivity index (χ0v) is 14.5. The predicted molar refractivity (Wildman–Crippen MR) is 99.2 cm³/mol. The van der Waals surface area contributed by atoms with Gasteiger partial charge in [-0.1, -0.05) is 63.3 Å². The Morgan fingerprint density at radius 1 is 1.00 bits per heavy atom. The summed E-state index contributed by atoms with van der Waals surface area (Å²) in [5, 5.41) is 0. The molecular weight excluding hydrogens is 294 g/mol. The van der Waals surface area contributed by atoms with Gasteiger partial charge in [-0.2, -0.15) is 0 Å². The van der Waals surface area contributed by atoms with Gasteiger partial charge in [0.15, 0.2) is 5.78 Å². The quantitative estimate of drug-likeness (QED) is 0.699. The minimum atomic E-state index is 0.0491. The van der Waals surface area contributed by atoms with Crippen LogP contribution in [0, 0.1) is 0 Å². The SMILES string of the molecule is CC(C)(C)c1ccc(-c2ccc(C(=O)C3=CCCC=C3)cn2)cc1. The molecule has 0 saturated heterocycles. The Morgan fingerprint density at radius 3 is 2.29 bits per heavy atom. The molecule has 0 saturated carbocycles. The summed E-state index contributed by atoms with van der Waals surface area (Å²) in [5.74, 6) is 0.0491. The molecule has 0 atom stereocenters. The van der Waals surface area contributed by atoms with Crippen LogP contribution in [0.25, 0.3) is 11.3 Å². The van der Waals surface area contributed by atoms with E-state index in [9.17, 15) is 4.79 Å². The van der Waals surface area contributed by atoms with E-state index in [1.807, 2.05) is 30.4 Å². The van der Waals surface area contributed by atoms with E-state index in [4.69, 9.17) is 0 Å². The lowest BCUT2D eigenvalue weighted by Gasteiger charge is -2.19. The average molecular weight is 317 g/mol. The van der Waals surface area contributed by atoms with Crippen LogP contribution in [-0.2, 0) is 5.41 Å². The fraction of sp³-hybridized carbons (Fsp3) is 0.273. The number of pyridine rings is 1. The first kappa shape index (κ1) is 16.4. The van der Waals surface area contributed by atoms with Crippen molar-refractivity contribution in [1.82, 2.24) is 4.98 Å². The number of hydrogen-bond acceptors (Lipinski definition) is 2. The molecule has 0 fully saturated rings. The number of ketones is 1. The summed E-state index contributed by atoms with van der Waals surface area (Å²) >= 11 is 0. The van der Waals surface area contributed by atoms with Crippen molar-refractivity contribution >= 4 is 5.78 Å². The zero-order chi connectivity index (χ0) is 17.2. The van der Waals surface area contributed by atoms with Gasteiger partial charge < -0.3 is 0 Å². The van der Waals surface area contributed by atoms with E-state index in [1.165, 1.54) is 5.56 Å². The third-order valence-corrected chi connectivity index (χ3v) is 4.33. The van der Waals surface area contributed by atoms with Gasteiger partial charge in [0.05, 0.1) is 5.69 Å². The van der Waals surface area contributed by atoms with E-state index in [1.54, 1.807) is 6.20 Å². The first-order valence-corrected chi connectivity index (χ1v) is 8.43. The summed E-state index contributed by atoms with van der Waals surface area (Å²) < 4.78 is 0. The van der Waals surface area contributed by atoms with Crippen LogP contribution in [0.1, 0.15) is 49.5 Å². The summed E-state index contributed by atoms with van der Waals surface area (Å²) in [5.41, 5.74) is 4.81. The molecule has 0 spiro atoms. The summed E-state index contributed by atoms with van der Waals surface area (Å²) in [6, 6.07) is 12.3. The van der Waals surface area contributed by atoms with Crippen LogP contribution in [-0.4, -0.2) is 10.8 Å². The number of benzene rings is 1. The third kappa shape index (κ3) is 3.53. The minimum absolute atomic E-state index is 0.0491. The second kappa shape index (κ2) is 6.56. The van der Waals surface area contributed by atoms with Gasteiger partial charge in [0.25, 0.3) is 0 Å². The Bertz CT molecular complexity index is 787. The van der Waals surface area contributed by atoms with Crippen molar-refractivity contribution in [2.75, 3.05) is 0 Å². The maximum Gasteiger partial charge on any atom is 0.194 e. The van der Waals surface area contributed by atoms with Crippen LogP contribution < -0.4 is 0 Å². The lowest BCUT2D eigenvalue weighted by atomic mass is 9.86. The zero-order valence-electron chi connectivity index (χ0n) is 14.5. The van der Waals surface area contributed by atoms with Crippen molar-refractivity contribution in [1.29, 1.82) is 0 Å². The van der Waals surface area contributed by atoms with Crippen molar-refractivity contribution in [2.45, 2.75) is 39.0 Å². The molecule has 0 amide bonds. The standard InChI is InChI=1S/C22H23NO/c1-22(2,3)19-12-9-16(10-13-19)20-14-11-18(15-23-20)21(24)17-7-5-4-6-8-17/h5,7-15H,4,6H2,1-3H3. The van der Waals surface area contributed by atoms with Gasteiger partial charge in [0.1, 0.15) is 0 Å². The number of aromatic nitrogens is 1. The highest BCUT2D eigenvalue weighted by atomic mass is 16.1. The van der Waals surface area contributed by atoms with E-state index in [2.05, 4.69) is 50.0 Å². The van der Waals surface area contributed by atoms with Crippen LogP contribution in [0.5, 0.6) is 0 Å². The number of carbonyl (C=O) groups is 1. The molecule has 0 N–H and O–H groups in total. The Morgan fingerprint density at radius 2 is 1.75 bits per heavy atom. The molecule has 0 bridgehead atoms. The van der Waals surface area contributed by atoms with Crippen molar-refractivity contribution < 1.29 is 4.79 Å². The van der Waals surface area contributed by atoms with Crippen LogP contribution in [0.15, 0.2) is 66.4 Å². The number of hydrogen-bond donors (Lipinski definition) is 0. The molecule has 0 unspecified atom stereocenters. The molecule has 1 heterocycles. The van der Waals surface area contributed by atoms with Gasteiger partial charge in [-0.3, -0.25) is 9.78 Å². The minimum Gasteiger partial charge on any atom is -0.289 e. The predicted octanol–water partition coefficient (Wildman–Crippen LogP) is 5.51. The smallest absolute Gasteiger partial charge is 0.194 e. The van der Waals surface area contributed by atoms with Crippen LogP contribution >= 0.6 is 0 Å². The molecule has 0 radical (unpaired) electrons. The normalized spacial score (nSPS) is 14.4. The summed E-state index contributed by atoms with van der Waals surface area (Å²) in [4.78, 5) is 16.9. The topological polar surface area (TPSA) is 30.0 Å². The molecular formula is C22H23NO. The van der Waals surface area contributed by atoms with E-state index < -0.39 is 0 Å². The van der Waals surface area contributed by atoms with Gasteiger partial charge in [-0.15, -0.1) is 0 Å². The van der Waals surface area contributed by atoms with Gasteiger partial charge in [0.2, 0.25) is 0 Å². The molecule has 2 nitrogen and oxygen atoms in total. The van der Waals surface area contributed by atoms with Gasteiger partial charge >= 0.3 is 0 Å². The molecule has 24 heavy (non-hydrogen) atoms. The maximum absolute atomic E-state index is 12.4. The monoisotopic (exact) mass is 317 g/mol. The second-order valence-electron chi connectivity index (χ2n) is 7.23. The third-order valence-electron chi connectivity index (χ3n) is 4.33. The van der Waals surface area contributed by atoms with E-state index in [0.29, 0.717) is 5.56 Å². The van der Waals surface area contributed by atoms with Crippen LogP contribution in [0.4, 0.5) is 0 Å². The van der Waals surface area contributed by atoms with Crippen molar-refractivity contribution in [2.24, 2.45) is 0 Å². The fourth-order valence-electron chi connectivity index (χ4n) is 2.79. The Labute approximate surface area is 143 Å². The van der Waals surface area contributed by atoms with E-state index >= 15 is 0 Å². The molecule has 1 aromatic heterocycles. The lowest BCUT2D eigenvalue weighted by molar-refractivity contribution is 0.103. The van der Waals surface area contributed by atoms with Crippen molar-refractivity contribution in [3.05, 3.63) is 77.5 Å². The average Bonchev–Trinajstić information content (AvgIpc) is 2.61. The van der Waals surface area contributed by atoms with E-state index in [-0.39, 0.29) is 11.2 Å². The molecule has 2 heteroatoms. The van der Waals surface area contributed by atoms with Crippen LogP contribution in [0.2, 0.25) is 0 Å². The Hall–Kier alpha value is -2.48. The highest BCUT2D eigenvalue weighted by Crippen LogP contribution is 2.25. The van der Waals surface area contributed by atoms with Gasteiger partial charge in [-0.25, -0.2) is 0 Å². The number of nitrogens with zero attached hydrogens (tertiary/aromatic N) is 1. The summed E-state index contributed by atoms with van der Waals surface area (Å²) in [6.07, 6.45) is 9.58. The molecule has 1 aliphatic carbocycles. The molecule has 122 valence electrons. The Kier molecular flexibility index (Phi) is 4.48. The lowest BCUT2D eigenvalue weighted by Crippen LogP contribution is -2.10. The van der Waals surface area contributed by atoms with Gasteiger partial charge in [-0.05, 0) is 36.0 Å². The highest BCUT2D eigenvalue weighted by Gasteiger charge is 2.14. The Balaban J connectivity index is 1.80. The largest absolute Gasteiger partial charge is 0.289 e. The molecule has 0 aliphatic heterocycles. The summed E-state index contributed by atoms with van der Waals surface area (Å²) in [6.45, 7) is 6.61. The second-order valence-corrected chi connectivity index (χ2v) is 7.23. The number of rotatable bonds is 3. The number of carbonyl (C=O) groups excluding carboxylic acids is 1. The first-order chi connectivity index (χ1) is 11.4. The van der Waals surface area contributed by atoms with Gasteiger partial charge in [0, 0.05) is 22.9 Å². The number of Topliss-reactive ketones (excluding diaryl/α,β-unsaturated/α-hetero) is 1. The molecule has 1 aliphatic rings. The summed E-state index contributed by atoms with van der Waals surface area (Å²) in [7, 11) is 0. The van der Waals surface area contributed by atoms with Crippen molar-refractivity contribution in [3.8, 4) is 11.3 Å². The fourth-order valence-corrected chi connectivity index (χ4v) is 2.79. The van der Waals surface area contributed by atoms with E-state index in [0.717, 1.165) is 29.7 Å². The molecule has 1 aromatic carbocycles. The maximum atomic E-state index is 12.4. The molecule has 3 rings (SSSR count). The first-order valence-electron chi connectivity index (χ1n) is 8.43.